The zero-order chi connectivity index (χ0) is 22.3. The fraction of sp³-hybridized carbons (Fsp3) is 0.769. The fourth-order valence-corrected chi connectivity index (χ4v) is 3.77. The molecule has 2 rings (SSSR count). The SMILES string of the molecule is CCCCOc1cc(N2CCOCC2)c(OCCCC)cc1N(CCCC)CCCC. The van der Waals surface area contributed by atoms with E-state index in [2.05, 4.69) is 49.6 Å². The second kappa shape index (κ2) is 15.2. The van der Waals surface area contributed by atoms with Gasteiger partial charge in [0.2, 0.25) is 0 Å². The third-order valence-electron chi connectivity index (χ3n) is 5.81. The van der Waals surface area contributed by atoms with E-state index in [1.165, 1.54) is 31.4 Å². The number of rotatable bonds is 16. The maximum Gasteiger partial charge on any atom is 0.144 e. The summed E-state index contributed by atoms with van der Waals surface area (Å²) in [5.41, 5.74) is 2.35. The van der Waals surface area contributed by atoms with Crippen molar-refractivity contribution < 1.29 is 14.2 Å². The molecular formula is C26H46N2O3. The minimum atomic E-state index is 0.757. The van der Waals surface area contributed by atoms with Crippen LogP contribution in [0.1, 0.15) is 79.1 Å². The highest BCUT2D eigenvalue weighted by Gasteiger charge is 2.22. The van der Waals surface area contributed by atoms with Crippen molar-refractivity contribution in [2.45, 2.75) is 79.1 Å². The number of nitrogens with zero attached hydrogens (tertiary/aromatic N) is 2. The molecule has 5 nitrogen and oxygen atoms in total. The van der Waals surface area contributed by atoms with Crippen LogP contribution in [-0.4, -0.2) is 52.6 Å². The molecule has 0 atom stereocenters. The molecule has 0 spiro atoms. The Hall–Kier alpha value is -1.62. The lowest BCUT2D eigenvalue weighted by Gasteiger charge is -2.33. The largest absolute Gasteiger partial charge is 0.491 e. The molecule has 0 aromatic heterocycles. The molecule has 5 heteroatoms. The first-order chi connectivity index (χ1) is 15.2. The normalized spacial score (nSPS) is 14.0. The molecule has 1 heterocycles. The van der Waals surface area contributed by atoms with Crippen molar-refractivity contribution in [2.24, 2.45) is 0 Å². The minimum absolute atomic E-state index is 0.757. The van der Waals surface area contributed by atoms with Crippen LogP contribution in [0.5, 0.6) is 11.5 Å². The van der Waals surface area contributed by atoms with Gasteiger partial charge in [-0.2, -0.15) is 0 Å². The van der Waals surface area contributed by atoms with Crippen molar-refractivity contribution >= 4 is 11.4 Å². The van der Waals surface area contributed by atoms with Gasteiger partial charge in [0.1, 0.15) is 11.5 Å². The van der Waals surface area contributed by atoms with Crippen molar-refractivity contribution in [1.82, 2.24) is 0 Å². The zero-order valence-electron chi connectivity index (χ0n) is 20.6. The molecule has 1 aliphatic heterocycles. The maximum atomic E-state index is 6.38. The molecule has 0 radical (unpaired) electrons. The Morgan fingerprint density at radius 2 is 1.32 bits per heavy atom. The highest BCUT2D eigenvalue weighted by molar-refractivity contribution is 5.73. The number of anilines is 2. The third-order valence-corrected chi connectivity index (χ3v) is 5.81. The Bertz CT molecular complexity index is 595. The van der Waals surface area contributed by atoms with E-state index in [1.54, 1.807) is 0 Å². The molecule has 1 fully saturated rings. The van der Waals surface area contributed by atoms with E-state index in [4.69, 9.17) is 14.2 Å². The summed E-state index contributed by atoms with van der Waals surface area (Å²) in [6.45, 7) is 15.9. The van der Waals surface area contributed by atoms with Gasteiger partial charge in [0.15, 0.2) is 0 Å². The Kier molecular flexibility index (Phi) is 12.6. The average molecular weight is 435 g/mol. The van der Waals surface area contributed by atoms with Crippen LogP contribution in [0.2, 0.25) is 0 Å². The first-order valence-corrected chi connectivity index (χ1v) is 12.8. The summed E-state index contributed by atoms with van der Waals surface area (Å²) >= 11 is 0. The summed E-state index contributed by atoms with van der Waals surface area (Å²) in [5.74, 6) is 2.00. The van der Waals surface area contributed by atoms with E-state index in [0.717, 1.165) is 95.5 Å². The van der Waals surface area contributed by atoms with Gasteiger partial charge >= 0.3 is 0 Å². The number of morpholine rings is 1. The van der Waals surface area contributed by atoms with E-state index < -0.39 is 0 Å². The number of hydrogen-bond acceptors (Lipinski definition) is 5. The molecule has 31 heavy (non-hydrogen) atoms. The fourth-order valence-electron chi connectivity index (χ4n) is 3.77. The van der Waals surface area contributed by atoms with E-state index in [-0.39, 0.29) is 0 Å². The molecule has 0 saturated carbocycles. The van der Waals surface area contributed by atoms with E-state index in [1.807, 2.05) is 0 Å². The van der Waals surface area contributed by atoms with E-state index in [9.17, 15) is 0 Å². The van der Waals surface area contributed by atoms with Gasteiger partial charge < -0.3 is 24.0 Å². The van der Waals surface area contributed by atoms with Gasteiger partial charge in [0.25, 0.3) is 0 Å². The molecule has 0 bridgehead atoms. The smallest absolute Gasteiger partial charge is 0.144 e. The van der Waals surface area contributed by atoms with Gasteiger partial charge in [0, 0.05) is 38.3 Å². The molecule has 1 aromatic carbocycles. The lowest BCUT2D eigenvalue weighted by molar-refractivity contribution is 0.122. The third kappa shape index (κ3) is 8.44. The molecule has 1 aromatic rings. The van der Waals surface area contributed by atoms with Gasteiger partial charge in [0.05, 0.1) is 37.8 Å². The van der Waals surface area contributed by atoms with Crippen LogP contribution in [0.4, 0.5) is 11.4 Å². The predicted octanol–water partition coefficient (Wildman–Crippen LogP) is 6.29. The Labute approximate surface area is 191 Å². The molecule has 0 unspecified atom stereocenters. The molecule has 178 valence electrons. The van der Waals surface area contributed by atoms with Gasteiger partial charge in [-0.25, -0.2) is 0 Å². The molecule has 1 aliphatic rings. The second-order valence-electron chi connectivity index (χ2n) is 8.49. The van der Waals surface area contributed by atoms with Crippen LogP contribution in [0.15, 0.2) is 12.1 Å². The van der Waals surface area contributed by atoms with Crippen molar-refractivity contribution in [3.8, 4) is 11.5 Å². The monoisotopic (exact) mass is 434 g/mol. The molecule has 0 N–H and O–H groups in total. The quantitative estimate of drug-likeness (QED) is 0.286. The number of unbranched alkanes of at least 4 members (excludes halogenated alkanes) is 4. The summed E-state index contributed by atoms with van der Waals surface area (Å²) < 4.78 is 18.3. The summed E-state index contributed by atoms with van der Waals surface area (Å²) in [7, 11) is 0. The van der Waals surface area contributed by atoms with Gasteiger partial charge in [-0.3, -0.25) is 0 Å². The van der Waals surface area contributed by atoms with Crippen LogP contribution >= 0.6 is 0 Å². The van der Waals surface area contributed by atoms with E-state index in [0.29, 0.717) is 0 Å². The van der Waals surface area contributed by atoms with Gasteiger partial charge in [-0.1, -0.05) is 53.4 Å². The number of hydrogen-bond donors (Lipinski definition) is 0. The zero-order valence-corrected chi connectivity index (χ0v) is 20.6. The van der Waals surface area contributed by atoms with E-state index >= 15 is 0 Å². The highest BCUT2D eigenvalue weighted by Crippen LogP contribution is 2.41. The van der Waals surface area contributed by atoms with Crippen molar-refractivity contribution in [2.75, 3.05) is 62.4 Å². The Morgan fingerprint density at radius 1 is 0.774 bits per heavy atom. The molecular weight excluding hydrogens is 388 g/mol. The Morgan fingerprint density at radius 3 is 1.87 bits per heavy atom. The first-order valence-electron chi connectivity index (χ1n) is 12.8. The van der Waals surface area contributed by atoms with Crippen LogP contribution in [0, 0.1) is 0 Å². The standard InChI is InChI=1S/C26H46N2O3/c1-5-9-13-27(14-10-6-2)23-21-26(31-18-12-8-4)24(28-15-19-29-20-16-28)22-25(23)30-17-11-7-3/h21-22H,5-20H2,1-4H3. The minimum Gasteiger partial charge on any atom is -0.491 e. The number of ether oxygens (including phenoxy) is 3. The molecule has 0 aliphatic carbocycles. The summed E-state index contributed by atoms with van der Waals surface area (Å²) in [4.78, 5) is 4.91. The highest BCUT2D eigenvalue weighted by atomic mass is 16.5. The lowest BCUT2D eigenvalue weighted by atomic mass is 10.1. The first kappa shape index (κ1) is 25.6. The van der Waals surface area contributed by atoms with Crippen LogP contribution in [-0.2, 0) is 4.74 Å². The summed E-state index contributed by atoms with van der Waals surface area (Å²) in [6.07, 6.45) is 9.19. The van der Waals surface area contributed by atoms with Gasteiger partial charge in [-0.05, 0) is 25.7 Å². The molecule has 0 amide bonds. The van der Waals surface area contributed by atoms with Crippen molar-refractivity contribution in [1.29, 1.82) is 0 Å². The average Bonchev–Trinajstić information content (AvgIpc) is 2.80. The van der Waals surface area contributed by atoms with Crippen molar-refractivity contribution in [3.63, 3.8) is 0 Å². The summed E-state index contributed by atoms with van der Waals surface area (Å²) in [5, 5.41) is 0. The number of benzene rings is 1. The van der Waals surface area contributed by atoms with Crippen LogP contribution < -0.4 is 19.3 Å². The molecule has 1 saturated heterocycles. The van der Waals surface area contributed by atoms with Crippen LogP contribution in [0.25, 0.3) is 0 Å². The predicted molar refractivity (Wildman–Crippen MR) is 132 cm³/mol. The maximum absolute atomic E-state index is 6.38. The summed E-state index contributed by atoms with van der Waals surface area (Å²) in [6, 6.07) is 4.50. The second-order valence-corrected chi connectivity index (χ2v) is 8.49. The topological polar surface area (TPSA) is 34.2 Å². The van der Waals surface area contributed by atoms with Gasteiger partial charge in [-0.15, -0.1) is 0 Å². The Balaban J connectivity index is 2.42. The lowest BCUT2D eigenvalue weighted by Crippen LogP contribution is -2.36. The van der Waals surface area contributed by atoms with Crippen LogP contribution in [0.3, 0.4) is 0 Å². The van der Waals surface area contributed by atoms with Crippen molar-refractivity contribution in [3.05, 3.63) is 12.1 Å².